The topological polar surface area (TPSA) is 65.5 Å². The van der Waals surface area contributed by atoms with Crippen molar-refractivity contribution in [1.82, 2.24) is 15.2 Å². The lowest BCUT2D eigenvalue weighted by Gasteiger charge is -2.33. The molecule has 0 aromatic carbocycles. The second-order valence-corrected chi connectivity index (χ2v) is 5.98. The lowest BCUT2D eigenvalue weighted by Crippen LogP contribution is -2.45. The molecule has 0 spiro atoms. The van der Waals surface area contributed by atoms with Gasteiger partial charge in [-0.2, -0.15) is 0 Å². The molecule has 1 aliphatic carbocycles. The molecule has 0 atom stereocenters. The van der Waals surface area contributed by atoms with Crippen LogP contribution >= 0.6 is 0 Å². The summed E-state index contributed by atoms with van der Waals surface area (Å²) < 4.78 is 0. The average Bonchev–Trinajstić information content (AvgIpc) is 3.08. The molecule has 1 aliphatic heterocycles. The summed E-state index contributed by atoms with van der Waals surface area (Å²) in [5.41, 5.74) is 1.48. The molecule has 0 radical (unpaired) electrons. The SMILES string of the molecule is O=CN1CCN(c2ccc(C(=O)NC3CCCC3)nc2)CC1. The Morgan fingerprint density at radius 1 is 1.18 bits per heavy atom. The highest BCUT2D eigenvalue weighted by molar-refractivity contribution is 5.92. The normalized spacial score (nSPS) is 19.3. The number of nitrogens with zero attached hydrogens (tertiary/aromatic N) is 3. The summed E-state index contributed by atoms with van der Waals surface area (Å²) in [6.07, 6.45) is 7.19. The Balaban J connectivity index is 1.57. The molecule has 2 amide bonds. The fourth-order valence-corrected chi connectivity index (χ4v) is 3.12. The smallest absolute Gasteiger partial charge is 0.270 e. The van der Waals surface area contributed by atoms with Crippen molar-refractivity contribution >= 4 is 18.0 Å². The molecule has 0 unspecified atom stereocenters. The van der Waals surface area contributed by atoms with Crippen LogP contribution in [0.1, 0.15) is 36.2 Å². The first-order valence-electron chi connectivity index (χ1n) is 7.97. The predicted octanol–water partition coefficient (Wildman–Crippen LogP) is 1.03. The molecule has 1 N–H and O–H groups in total. The third kappa shape index (κ3) is 3.37. The zero-order valence-electron chi connectivity index (χ0n) is 12.7. The van der Waals surface area contributed by atoms with E-state index in [9.17, 15) is 9.59 Å². The first kappa shape index (κ1) is 14.8. The molecule has 3 rings (SSSR count). The van der Waals surface area contributed by atoms with Gasteiger partial charge in [0.05, 0.1) is 11.9 Å². The molecular weight excluding hydrogens is 280 g/mol. The molecule has 22 heavy (non-hydrogen) atoms. The maximum Gasteiger partial charge on any atom is 0.270 e. The van der Waals surface area contributed by atoms with Gasteiger partial charge in [-0.3, -0.25) is 9.59 Å². The number of aromatic nitrogens is 1. The molecule has 6 heteroatoms. The van der Waals surface area contributed by atoms with Gasteiger partial charge in [-0.25, -0.2) is 4.98 Å². The lowest BCUT2D eigenvalue weighted by atomic mass is 10.2. The van der Waals surface area contributed by atoms with Crippen LogP contribution < -0.4 is 10.2 Å². The zero-order valence-corrected chi connectivity index (χ0v) is 12.7. The number of anilines is 1. The van der Waals surface area contributed by atoms with Gasteiger partial charge in [-0.05, 0) is 25.0 Å². The third-order valence-electron chi connectivity index (χ3n) is 4.50. The molecular formula is C16H22N4O2. The summed E-state index contributed by atoms with van der Waals surface area (Å²) in [5, 5.41) is 3.05. The maximum atomic E-state index is 12.1. The van der Waals surface area contributed by atoms with Crippen LogP contribution in [0.3, 0.4) is 0 Å². The number of carbonyl (C=O) groups is 2. The van der Waals surface area contributed by atoms with Crippen LogP contribution in [-0.2, 0) is 4.79 Å². The van der Waals surface area contributed by atoms with Gasteiger partial charge >= 0.3 is 0 Å². The summed E-state index contributed by atoms with van der Waals surface area (Å²) in [6.45, 7) is 3.06. The monoisotopic (exact) mass is 302 g/mol. The number of hydrogen-bond donors (Lipinski definition) is 1. The largest absolute Gasteiger partial charge is 0.367 e. The van der Waals surface area contributed by atoms with Crippen LogP contribution in [0.4, 0.5) is 5.69 Å². The highest BCUT2D eigenvalue weighted by Crippen LogP contribution is 2.19. The average molecular weight is 302 g/mol. The van der Waals surface area contributed by atoms with Gasteiger partial charge in [0.25, 0.3) is 5.91 Å². The molecule has 1 aromatic heterocycles. The van der Waals surface area contributed by atoms with E-state index in [0.717, 1.165) is 51.1 Å². The van der Waals surface area contributed by atoms with Gasteiger partial charge in [-0.15, -0.1) is 0 Å². The van der Waals surface area contributed by atoms with Crippen molar-refractivity contribution in [1.29, 1.82) is 0 Å². The quantitative estimate of drug-likeness (QED) is 0.844. The standard InChI is InChI=1S/C16H22N4O2/c21-12-19-7-9-20(10-8-19)14-5-6-15(17-11-14)16(22)18-13-3-1-2-4-13/h5-6,11-13H,1-4,7-10H2,(H,18,22). The van der Waals surface area contributed by atoms with Crippen LogP contribution in [-0.4, -0.2) is 54.4 Å². The van der Waals surface area contributed by atoms with Crippen LogP contribution in [0, 0.1) is 0 Å². The van der Waals surface area contributed by atoms with Gasteiger partial charge in [0.1, 0.15) is 5.69 Å². The van der Waals surface area contributed by atoms with E-state index in [-0.39, 0.29) is 5.91 Å². The Labute approximate surface area is 130 Å². The highest BCUT2D eigenvalue weighted by Gasteiger charge is 2.19. The van der Waals surface area contributed by atoms with Crippen molar-refractivity contribution in [3.8, 4) is 0 Å². The van der Waals surface area contributed by atoms with Gasteiger partial charge < -0.3 is 15.1 Å². The fraction of sp³-hybridized carbons (Fsp3) is 0.562. The van der Waals surface area contributed by atoms with Crippen LogP contribution in [0.5, 0.6) is 0 Å². The van der Waals surface area contributed by atoms with Crippen LogP contribution in [0.2, 0.25) is 0 Å². The van der Waals surface area contributed by atoms with Crippen molar-refractivity contribution in [2.75, 3.05) is 31.1 Å². The second-order valence-electron chi connectivity index (χ2n) is 5.98. The predicted molar refractivity (Wildman–Crippen MR) is 83.8 cm³/mol. The van der Waals surface area contributed by atoms with E-state index in [1.807, 2.05) is 6.07 Å². The summed E-state index contributed by atoms with van der Waals surface area (Å²) >= 11 is 0. The van der Waals surface area contributed by atoms with E-state index < -0.39 is 0 Å². The molecule has 1 saturated heterocycles. The number of piperazine rings is 1. The molecule has 2 fully saturated rings. The van der Waals surface area contributed by atoms with E-state index in [0.29, 0.717) is 11.7 Å². The number of rotatable bonds is 4. The number of pyridine rings is 1. The van der Waals surface area contributed by atoms with E-state index >= 15 is 0 Å². The fourth-order valence-electron chi connectivity index (χ4n) is 3.12. The zero-order chi connectivity index (χ0) is 15.4. The van der Waals surface area contributed by atoms with Crippen molar-refractivity contribution in [3.63, 3.8) is 0 Å². The van der Waals surface area contributed by atoms with Crippen LogP contribution in [0.15, 0.2) is 18.3 Å². The molecule has 1 aromatic rings. The number of hydrogen-bond acceptors (Lipinski definition) is 4. The molecule has 2 aliphatic rings. The van der Waals surface area contributed by atoms with E-state index in [1.165, 1.54) is 12.8 Å². The summed E-state index contributed by atoms with van der Waals surface area (Å²) in [7, 11) is 0. The van der Waals surface area contributed by atoms with Crippen LogP contribution in [0.25, 0.3) is 0 Å². The van der Waals surface area contributed by atoms with Crippen molar-refractivity contribution in [3.05, 3.63) is 24.0 Å². The maximum absolute atomic E-state index is 12.1. The Kier molecular flexibility index (Phi) is 4.56. The summed E-state index contributed by atoms with van der Waals surface area (Å²) in [6, 6.07) is 4.03. The van der Waals surface area contributed by atoms with Gasteiger partial charge in [0.15, 0.2) is 0 Å². The molecule has 6 nitrogen and oxygen atoms in total. The number of amides is 2. The van der Waals surface area contributed by atoms with Gasteiger partial charge in [-0.1, -0.05) is 12.8 Å². The number of carbonyl (C=O) groups excluding carboxylic acids is 2. The minimum atomic E-state index is -0.0794. The van der Waals surface area contributed by atoms with Gasteiger partial charge in [0.2, 0.25) is 6.41 Å². The van der Waals surface area contributed by atoms with E-state index in [2.05, 4.69) is 15.2 Å². The lowest BCUT2D eigenvalue weighted by molar-refractivity contribution is -0.118. The Morgan fingerprint density at radius 3 is 2.50 bits per heavy atom. The minimum absolute atomic E-state index is 0.0794. The molecule has 118 valence electrons. The molecule has 1 saturated carbocycles. The molecule has 0 bridgehead atoms. The first-order chi connectivity index (χ1) is 10.8. The Morgan fingerprint density at radius 2 is 1.91 bits per heavy atom. The van der Waals surface area contributed by atoms with Crippen molar-refractivity contribution in [2.24, 2.45) is 0 Å². The van der Waals surface area contributed by atoms with E-state index in [1.54, 1.807) is 17.2 Å². The summed E-state index contributed by atoms with van der Waals surface area (Å²) in [5.74, 6) is -0.0794. The Bertz CT molecular complexity index is 517. The minimum Gasteiger partial charge on any atom is -0.367 e. The second kappa shape index (κ2) is 6.77. The first-order valence-corrected chi connectivity index (χ1v) is 7.97. The summed E-state index contributed by atoms with van der Waals surface area (Å²) in [4.78, 5) is 31.1. The number of nitrogens with one attached hydrogen (secondary N) is 1. The third-order valence-corrected chi connectivity index (χ3v) is 4.50. The van der Waals surface area contributed by atoms with Crippen molar-refractivity contribution < 1.29 is 9.59 Å². The van der Waals surface area contributed by atoms with Gasteiger partial charge in [0, 0.05) is 32.2 Å². The molecule has 2 heterocycles. The Hall–Kier alpha value is -2.11. The highest BCUT2D eigenvalue weighted by atomic mass is 16.2. The van der Waals surface area contributed by atoms with E-state index in [4.69, 9.17) is 0 Å². The van der Waals surface area contributed by atoms with Crippen molar-refractivity contribution in [2.45, 2.75) is 31.7 Å².